The zero-order chi connectivity index (χ0) is 21.1. The normalized spacial score (nSPS) is 11.5. The summed E-state index contributed by atoms with van der Waals surface area (Å²) in [6.45, 7) is 3.22. The van der Waals surface area contributed by atoms with Crippen LogP contribution in [0.25, 0.3) is 0 Å². The van der Waals surface area contributed by atoms with Gasteiger partial charge in [0.05, 0.1) is 12.1 Å². The highest BCUT2D eigenvalue weighted by Gasteiger charge is 2.32. The quantitative estimate of drug-likeness (QED) is 0.713. The highest BCUT2D eigenvalue weighted by atomic mass is 35.5. The summed E-state index contributed by atoms with van der Waals surface area (Å²) in [6, 6.07) is 6.39. The number of benzene rings is 1. The molecule has 28 heavy (non-hydrogen) atoms. The van der Waals surface area contributed by atoms with E-state index in [4.69, 9.17) is 11.6 Å². The Hall–Kier alpha value is -2.61. The summed E-state index contributed by atoms with van der Waals surface area (Å²) in [5.41, 5.74) is -1.34. The van der Waals surface area contributed by atoms with Crippen LogP contribution in [-0.2, 0) is 17.5 Å². The van der Waals surface area contributed by atoms with Crippen LogP contribution in [0.5, 0.6) is 0 Å². The number of Topliss-reactive ketones (excluding diaryl/α,β-unsaturated/α-hetero) is 1. The first-order valence-electron chi connectivity index (χ1n) is 8.37. The van der Waals surface area contributed by atoms with Gasteiger partial charge in [-0.1, -0.05) is 25.4 Å². The zero-order valence-electron chi connectivity index (χ0n) is 15.1. The van der Waals surface area contributed by atoms with E-state index in [1.165, 1.54) is 24.3 Å². The molecule has 2 aromatic rings. The van der Waals surface area contributed by atoms with E-state index < -0.39 is 34.6 Å². The summed E-state index contributed by atoms with van der Waals surface area (Å²) in [6.07, 6.45) is -3.79. The summed E-state index contributed by atoms with van der Waals surface area (Å²) < 4.78 is 39.3. The van der Waals surface area contributed by atoms with Crippen LogP contribution < -0.4 is 10.9 Å². The second-order valence-electron chi connectivity index (χ2n) is 6.65. The van der Waals surface area contributed by atoms with Crippen molar-refractivity contribution in [3.63, 3.8) is 0 Å². The van der Waals surface area contributed by atoms with Crippen LogP contribution in [0.3, 0.4) is 0 Å². The van der Waals surface area contributed by atoms with E-state index in [2.05, 4.69) is 5.32 Å². The average Bonchev–Trinajstić information content (AvgIpc) is 2.57. The molecular weight excluding hydrogens is 397 g/mol. The van der Waals surface area contributed by atoms with E-state index in [0.717, 1.165) is 0 Å². The number of ketones is 1. The lowest BCUT2D eigenvalue weighted by Gasteiger charge is -2.12. The second-order valence-corrected chi connectivity index (χ2v) is 7.06. The molecule has 0 saturated carbocycles. The summed E-state index contributed by atoms with van der Waals surface area (Å²) in [4.78, 5) is 36.0. The standard InChI is InChI=1S/C19H18ClF3N2O3/c1-11(2)7-17(27)24-14-5-3-12(4-6-14)16(26)10-25-9-13(19(21,22)23)8-15(20)18(25)28/h3-6,8-9,11H,7,10H2,1-2H3,(H,24,27). The molecule has 0 aliphatic rings. The van der Waals surface area contributed by atoms with Crippen LogP contribution in [0, 0.1) is 5.92 Å². The number of alkyl halides is 3. The van der Waals surface area contributed by atoms with Crippen LogP contribution in [0.2, 0.25) is 5.02 Å². The molecule has 2 rings (SSSR count). The Bertz CT molecular complexity index is 935. The first-order valence-corrected chi connectivity index (χ1v) is 8.75. The molecule has 0 atom stereocenters. The first kappa shape index (κ1) is 21.7. The van der Waals surface area contributed by atoms with Crippen LogP contribution in [0.4, 0.5) is 18.9 Å². The zero-order valence-corrected chi connectivity index (χ0v) is 15.9. The molecule has 0 aliphatic carbocycles. The molecule has 0 aliphatic heterocycles. The molecular formula is C19H18ClF3N2O3. The van der Waals surface area contributed by atoms with Gasteiger partial charge in [0, 0.05) is 23.9 Å². The number of aromatic nitrogens is 1. The maximum Gasteiger partial charge on any atom is 0.417 e. The Morgan fingerprint density at radius 3 is 2.32 bits per heavy atom. The largest absolute Gasteiger partial charge is 0.417 e. The van der Waals surface area contributed by atoms with Gasteiger partial charge in [-0.2, -0.15) is 13.2 Å². The molecule has 0 spiro atoms. The number of carbonyl (C=O) groups is 2. The number of carbonyl (C=O) groups excluding carboxylic acids is 2. The molecule has 150 valence electrons. The maximum absolute atomic E-state index is 12.9. The third kappa shape index (κ3) is 5.69. The van der Waals surface area contributed by atoms with Gasteiger partial charge >= 0.3 is 6.18 Å². The van der Waals surface area contributed by atoms with E-state index in [-0.39, 0.29) is 17.4 Å². The van der Waals surface area contributed by atoms with Crippen molar-refractivity contribution in [3.8, 4) is 0 Å². The molecule has 0 saturated heterocycles. The number of hydrogen-bond donors (Lipinski definition) is 1. The van der Waals surface area contributed by atoms with E-state index >= 15 is 0 Å². The Kier molecular flexibility index (Phi) is 6.66. The van der Waals surface area contributed by atoms with Gasteiger partial charge in [-0.3, -0.25) is 14.4 Å². The van der Waals surface area contributed by atoms with Crippen LogP contribution in [-0.4, -0.2) is 16.3 Å². The number of hydrogen-bond acceptors (Lipinski definition) is 3. The van der Waals surface area contributed by atoms with Gasteiger partial charge in [-0.05, 0) is 36.2 Å². The molecule has 5 nitrogen and oxygen atoms in total. The fraction of sp³-hybridized carbons (Fsp3) is 0.316. The maximum atomic E-state index is 12.9. The number of amides is 1. The van der Waals surface area contributed by atoms with Crippen molar-refractivity contribution in [3.05, 3.63) is 63.0 Å². The highest BCUT2D eigenvalue weighted by Crippen LogP contribution is 2.29. The minimum absolute atomic E-state index is 0.167. The third-order valence-corrected chi connectivity index (χ3v) is 4.04. The monoisotopic (exact) mass is 414 g/mol. The highest BCUT2D eigenvalue weighted by molar-refractivity contribution is 6.30. The molecule has 0 bridgehead atoms. The molecule has 1 aromatic carbocycles. The number of rotatable bonds is 6. The van der Waals surface area contributed by atoms with E-state index in [0.29, 0.717) is 28.9 Å². The molecule has 1 amide bonds. The topological polar surface area (TPSA) is 68.2 Å². The Balaban J connectivity index is 2.16. The Labute approximate surface area is 164 Å². The minimum atomic E-state index is -4.70. The van der Waals surface area contributed by atoms with E-state index in [1.54, 1.807) is 0 Å². The van der Waals surface area contributed by atoms with Crippen molar-refractivity contribution in [1.82, 2.24) is 4.57 Å². The predicted octanol–water partition coefficient (Wildman–Crippen LogP) is 4.39. The lowest BCUT2D eigenvalue weighted by molar-refractivity contribution is -0.138. The van der Waals surface area contributed by atoms with Crippen molar-refractivity contribution >= 4 is 29.0 Å². The van der Waals surface area contributed by atoms with Crippen molar-refractivity contribution < 1.29 is 22.8 Å². The van der Waals surface area contributed by atoms with Gasteiger partial charge in [0.15, 0.2) is 5.78 Å². The van der Waals surface area contributed by atoms with Gasteiger partial charge in [-0.25, -0.2) is 0 Å². The van der Waals surface area contributed by atoms with Gasteiger partial charge in [-0.15, -0.1) is 0 Å². The number of nitrogens with zero attached hydrogens (tertiary/aromatic N) is 1. The van der Waals surface area contributed by atoms with Crippen molar-refractivity contribution in [1.29, 1.82) is 0 Å². The van der Waals surface area contributed by atoms with Crippen molar-refractivity contribution in [2.45, 2.75) is 33.0 Å². The van der Waals surface area contributed by atoms with Crippen molar-refractivity contribution in [2.75, 3.05) is 5.32 Å². The molecule has 0 unspecified atom stereocenters. The van der Waals surface area contributed by atoms with Gasteiger partial charge in [0.2, 0.25) is 5.91 Å². The molecule has 9 heteroatoms. The van der Waals surface area contributed by atoms with Crippen molar-refractivity contribution in [2.24, 2.45) is 5.92 Å². The van der Waals surface area contributed by atoms with Crippen LogP contribution in [0.15, 0.2) is 41.3 Å². The first-order chi connectivity index (χ1) is 13.0. The smallest absolute Gasteiger partial charge is 0.326 e. The fourth-order valence-corrected chi connectivity index (χ4v) is 2.67. The minimum Gasteiger partial charge on any atom is -0.326 e. The van der Waals surface area contributed by atoms with Gasteiger partial charge < -0.3 is 9.88 Å². The van der Waals surface area contributed by atoms with E-state index in [9.17, 15) is 27.6 Å². The van der Waals surface area contributed by atoms with E-state index in [1.807, 2.05) is 13.8 Å². The van der Waals surface area contributed by atoms with Gasteiger partial charge in [0.1, 0.15) is 5.02 Å². The summed E-state index contributed by atoms with van der Waals surface area (Å²) in [5.74, 6) is -0.546. The van der Waals surface area contributed by atoms with Gasteiger partial charge in [0.25, 0.3) is 5.56 Å². The second kappa shape index (κ2) is 8.60. The Morgan fingerprint density at radius 1 is 1.18 bits per heavy atom. The Morgan fingerprint density at radius 2 is 1.79 bits per heavy atom. The SMILES string of the molecule is CC(C)CC(=O)Nc1ccc(C(=O)Cn2cc(C(F)(F)F)cc(Cl)c2=O)cc1. The number of halogens is 4. The predicted molar refractivity (Wildman–Crippen MR) is 99.6 cm³/mol. The molecule has 0 fully saturated rings. The summed E-state index contributed by atoms with van der Waals surface area (Å²) in [7, 11) is 0. The lowest BCUT2D eigenvalue weighted by atomic mass is 10.1. The number of pyridine rings is 1. The molecule has 1 aromatic heterocycles. The summed E-state index contributed by atoms with van der Waals surface area (Å²) in [5, 5.41) is 2.06. The lowest BCUT2D eigenvalue weighted by Crippen LogP contribution is -2.26. The summed E-state index contributed by atoms with van der Waals surface area (Å²) >= 11 is 5.57. The average molecular weight is 415 g/mol. The number of anilines is 1. The van der Waals surface area contributed by atoms with Crippen LogP contribution >= 0.6 is 11.6 Å². The molecule has 0 radical (unpaired) electrons. The third-order valence-electron chi connectivity index (χ3n) is 3.77. The molecule has 1 heterocycles. The number of nitrogens with one attached hydrogen (secondary N) is 1. The fourth-order valence-electron chi connectivity index (χ4n) is 2.44. The van der Waals surface area contributed by atoms with Crippen LogP contribution in [0.1, 0.15) is 36.2 Å². The molecule has 1 N–H and O–H groups in total.